The van der Waals surface area contributed by atoms with Gasteiger partial charge in [-0.1, -0.05) is 23.8 Å². The first kappa shape index (κ1) is 20.3. The predicted octanol–water partition coefficient (Wildman–Crippen LogP) is 6.05. The number of rotatable bonds is 8. The van der Waals surface area contributed by atoms with Gasteiger partial charge < -0.3 is 5.11 Å². The van der Waals surface area contributed by atoms with E-state index >= 15 is 0 Å². The van der Waals surface area contributed by atoms with E-state index in [9.17, 15) is 4.79 Å². The van der Waals surface area contributed by atoms with Gasteiger partial charge >= 0.3 is 5.97 Å². The summed E-state index contributed by atoms with van der Waals surface area (Å²) >= 11 is 7.97. The van der Waals surface area contributed by atoms with E-state index in [1.54, 1.807) is 0 Å². The summed E-state index contributed by atoms with van der Waals surface area (Å²) in [6.07, 6.45) is 9.14. The van der Waals surface area contributed by atoms with Crippen molar-refractivity contribution in [2.75, 3.05) is 0 Å². The van der Waals surface area contributed by atoms with Crippen molar-refractivity contribution in [3.63, 3.8) is 0 Å². The molecule has 1 aliphatic carbocycles. The maximum Gasteiger partial charge on any atom is 0.347 e. The summed E-state index contributed by atoms with van der Waals surface area (Å²) < 4.78 is 0. The highest BCUT2D eigenvalue weighted by Gasteiger charge is 2.34. The van der Waals surface area contributed by atoms with E-state index in [4.69, 9.17) is 16.7 Å². The lowest BCUT2D eigenvalue weighted by Crippen LogP contribution is -2.17. The minimum absolute atomic E-state index is 0.290. The molecule has 1 aromatic heterocycles. The fraction of sp³-hybridized carbons (Fsp3) is 0.545. The number of carboxylic acid groups (broad SMARTS) is 1. The van der Waals surface area contributed by atoms with E-state index in [0.29, 0.717) is 22.1 Å². The number of thiazole rings is 1. The standard InChI is InChI=1S/C22H28ClNO2S/c1-14-6-7-15(2)17(12-14)8-10-18-16(9-11-19(18)23)4-3-5-21-24-13-20(27-21)22(25)26/h6-7,12-13,16,18-19H,3-5,8-11H2,1-2H3,(H,25,26)/t16-,18+,19?/m0/s1. The molecule has 5 heteroatoms. The fourth-order valence-corrected chi connectivity index (χ4v) is 5.56. The molecule has 0 amide bonds. The van der Waals surface area contributed by atoms with Crippen LogP contribution in [0.3, 0.4) is 0 Å². The minimum Gasteiger partial charge on any atom is -0.477 e. The van der Waals surface area contributed by atoms with Crippen LogP contribution in [-0.4, -0.2) is 21.4 Å². The molecule has 2 aromatic rings. The number of nitrogens with zero attached hydrogens (tertiary/aromatic N) is 1. The smallest absolute Gasteiger partial charge is 0.347 e. The van der Waals surface area contributed by atoms with Crippen LogP contribution in [0.15, 0.2) is 24.4 Å². The molecule has 1 N–H and O–H groups in total. The molecule has 0 aliphatic heterocycles. The van der Waals surface area contributed by atoms with Crippen molar-refractivity contribution < 1.29 is 9.90 Å². The topological polar surface area (TPSA) is 50.2 Å². The predicted molar refractivity (Wildman–Crippen MR) is 112 cm³/mol. The molecule has 1 aromatic carbocycles. The molecular formula is C22H28ClNO2S. The molecule has 146 valence electrons. The normalized spacial score (nSPS) is 22.3. The molecule has 1 unspecified atom stereocenters. The van der Waals surface area contributed by atoms with Crippen LogP contribution < -0.4 is 0 Å². The van der Waals surface area contributed by atoms with Crippen molar-refractivity contribution in [3.05, 3.63) is 51.0 Å². The lowest BCUT2D eigenvalue weighted by molar-refractivity contribution is 0.0702. The second-order valence-electron chi connectivity index (χ2n) is 7.80. The van der Waals surface area contributed by atoms with Gasteiger partial charge in [0, 0.05) is 5.38 Å². The van der Waals surface area contributed by atoms with Gasteiger partial charge in [-0.25, -0.2) is 9.78 Å². The van der Waals surface area contributed by atoms with Gasteiger partial charge in [0.25, 0.3) is 0 Å². The maximum absolute atomic E-state index is 11.0. The number of aryl methyl sites for hydroxylation is 4. The van der Waals surface area contributed by atoms with Crippen LogP contribution in [0, 0.1) is 25.7 Å². The molecule has 1 aliphatic rings. The van der Waals surface area contributed by atoms with Crippen LogP contribution in [-0.2, 0) is 12.8 Å². The zero-order valence-corrected chi connectivity index (χ0v) is 17.7. The third-order valence-electron chi connectivity index (χ3n) is 5.86. The largest absolute Gasteiger partial charge is 0.477 e. The molecule has 1 saturated carbocycles. The Morgan fingerprint density at radius 1 is 1.26 bits per heavy atom. The number of hydrogen-bond acceptors (Lipinski definition) is 3. The van der Waals surface area contributed by atoms with E-state index in [0.717, 1.165) is 43.5 Å². The SMILES string of the molecule is Cc1ccc(C)c(CC[C@H]2C(Cl)CC[C@@H]2CCCc2ncc(C(=O)O)s2)c1. The number of halogens is 1. The van der Waals surface area contributed by atoms with Crippen LogP contribution in [0.4, 0.5) is 0 Å². The molecule has 0 spiro atoms. The highest BCUT2D eigenvalue weighted by Crippen LogP contribution is 2.41. The Bertz CT molecular complexity index is 788. The summed E-state index contributed by atoms with van der Waals surface area (Å²) in [5, 5.41) is 10.2. The third kappa shape index (κ3) is 5.32. The number of alkyl halides is 1. The van der Waals surface area contributed by atoms with Crippen LogP contribution in [0.25, 0.3) is 0 Å². The Kier molecular flexibility index (Phi) is 6.93. The second-order valence-corrected chi connectivity index (χ2v) is 9.48. The Morgan fingerprint density at radius 3 is 2.81 bits per heavy atom. The van der Waals surface area contributed by atoms with Gasteiger partial charge in [0.15, 0.2) is 0 Å². The average Bonchev–Trinajstić information content (AvgIpc) is 3.23. The first-order chi connectivity index (χ1) is 12.9. The molecule has 3 nitrogen and oxygen atoms in total. The Hall–Kier alpha value is -1.39. The lowest BCUT2D eigenvalue weighted by Gasteiger charge is -2.22. The van der Waals surface area contributed by atoms with Crippen molar-refractivity contribution in [3.8, 4) is 0 Å². The molecule has 3 rings (SSSR count). The molecule has 27 heavy (non-hydrogen) atoms. The summed E-state index contributed by atoms with van der Waals surface area (Å²) in [6.45, 7) is 4.35. The minimum atomic E-state index is -0.883. The van der Waals surface area contributed by atoms with Crippen LogP contribution >= 0.6 is 22.9 Å². The van der Waals surface area contributed by atoms with E-state index < -0.39 is 5.97 Å². The Balaban J connectivity index is 1.52. The maximum atomic E-state index is 11.0. The zero-order chi connectivity index (χ0) is 19.4. The Morgan fingerprint density at radius 2 is 2.07 bits per heavy atom. The van der Waals surface area contributed by atoms with Crippen LogP contribution in [0.5, 0.6) is 0 Å². The number of carbonyl (C=O) groups is 1. The van der Waals surface area contributed by atoms with Gasteiger partial charge in [0.1, 0.15) is 4.88 Å². The van der Waals surface area contributed by atoms with Gasteiger partial charge in [-0.05, 0) is 81.8 Å². The number of hydrogen-bond donors (Lipinski definition) is 1. The Labute approximate surface area is 170 Å². The van der Waals surface area contributed by atoms with Crippen molar-refractivity contribution in [1.29, 1.82) is 0 Å². The van der Waals surface area contributed by atoms with Crippen molar-refractivity contribution in [1.82, 2.24) is 4.98 Å². The van der Waals surface area contributed by atoms with Crippen LogP contribution in [0.2, 0.25) is 0 Å². The molecule has 0 radical (unpaired) electrons. The van der Waals surface area contributed by atoms with Gasteiger partial charge in [0.2, 0.25) is 0 Å². The van der Waals surface area contributed by atoms with Crippen molar-refractivity contribution in [2.24, 2.45) is 11.8 Å². The quantitative estimate of drug-likeness (QED) is 0.544. The molecule has 1 heterocycles. The number of benzene rings is 1. The number of aromatic carboxylic acids is 1. The van der Waals surface area contributed by atoms with Gasteiger partial charge in [-0.15, -0.1) is 22.9 Å². The second kappa shape index (κ2) is 9.20. The molecule has 0 bridgehead atoms. The molecular weight excluding hydrogens is 378 g/mol. The molecule has 3 atom stereocenters. The molecule has 0 saturated heterocycles. The average molecular weight is 406 g/mol. The van der Waals surface area contributed by atoms with Gasteiger partial charge in [0.05, 0.1) is 11.2 Å². The third-order valence-corrected chi connectivity index (χ3v) is 7.45. The van der Waals surface area contributed by atoms with E-state index in [1.807, 2.05) is 0 Å². The fourth-order valence-electron chi connectivity index (χ4n) is 4.30. The van der Waals surface area contributed by atoms with Crippen molar-refractivity contribution in [2.45, 2.75) is 64.2 Å². The first-order valence-corrected chi connectivity index (χ1v) is 11.1. The van der Waals surface area contributed by atoms with Crippen molar-refractivity contribution >= 4 is 28.9 Å². The van der Waals surface area contributed by atoms with Gasteiger partial charge in [-0.3, -0.25) is 0 Å². The van der Waals surface area contributed by atoms with E-state index in [2.05, 4.69) is 37.0 Å². The van der Waals surface area contributed by atoms with Crippen LogP contribution in [0.1, 0.15) is 63.5 Å². The molecule has 1 fully saturated rings. The highest BCUT2D eigenvalue weighted by molar-refractivity contribution is 7.13. The van der Waals surface area contributed by atoms with E-state index in [1.165, 1.54) is 40.6 Å². The monoisotopic (exact) mass is 405 g/mol. The number of aromatic nitrogens is 1. The van der Waals surface area contributed by atoms with E-state index in [-0.39, 0.29) is 0 Å². The zero-order valence-electron chi connectivity index (χ0n) is 16.1. The van der Waals surface area contributed by atoms with Gasteiger partial charge in [-0.2, -0.15) is 0 Å². The number of carboxylic acids is 1. The highest BCUT2D eigenvalue weighted by atomic mass is 35.5. The summed E-state index contributed by atoms with van der Waals surface area (Å²) in [4.78, 5) is 15.5. The summed E-state index contributed by atoms with van der Waals surface area (Å²) in [6, 6.07) is 6.70. The lowest BCUT2D eigenvalue weighted by atomic mass is 9.86. The first-order valence-electron chi connectivity index (χ1n) is 9.82. The summed E-state index contributed by atoms with van der Waals surface area (Å²) in [5.74, 6) is 0.375. The summed E-state index contributed by atoms with van der Waals surface area (Å²) in [7, 11) is 0. The summed E-state index contributed by atoms with van der Waals surface area (Å²) in [5.41, 5.74) is 4.15.